The molecule has 3 rings (SSSR count). The average molecular weight is 257 g/mol. The van der Waals surface area contributed by atoms with E-state index in [1.165, 1.54) is 7.11 Å². The van der Waals surface area contributed by atoms with Crippen LogP contribution in [0.4, 0.5) is 0 Å². The van der Waals surface area contributed by atoms with E-state index in [9.17, 15) is 4.79 Å². The molecule has 6 nitrogen and oxygen atoms in total. The first-order valence-corrected chi connectivity index (χ1v) is 5.68. The highest BCUT2D eigenvalue weighted by Gasteiger charge is 2.08. The predicted molar refractivity (Wildman–Crippen MR) is 69.1 cm³/mol. The van der Waals surface area contributed by atoms with Gasteiger partial charge in [-0.25, -0.2) is 9.78 Å². The lowest BCUT2D eigenvalue weighted by Crippen LogP contribution is -1.95. The topological polar surface area (TPSA) is 81.0 Å². The minimum atomic E-state index is -0.469. The zero-order chi connectivity index (χ0) is 13.4. The van der Waals surface area contributed by atoms with Crippen LogP contribution in [-0.2, 0) is 0 Å². The molecule has 3 aromatic rings. The molecule has 96 valence electrons. The molecule has 19 heavy (non-hydrogen) atoms. The van der Waals surface area contributed by atoms with E-state index in [4.69, 9.17) is 9.15 Å². The van der Waals surface area contributed by atoms with Crippen molar-refractivity contribution in [2.24, 2.45) is 0 Å². The van der Waals surface area contributed by atoms with E-state index in [0.717, 1.165) is 17.0 Å². The van der Waals surface area contributed by atoms with Gasteiger partial charge in [0.05, 0.1) is 18.3 Å². The van der Waals surface area contributed by atoms with Crippen LogP contribution in [0.3, 0.4) is 0 Å². The van der Waals surface area contributed by atoms with Crippen LogP contribution in [0.5, 0.6) is 6.01 Å². The van der Waals surface area contributed by atoms with Gasteiger partial charge >= 0.3 is 11.8 Å². The van der Waals surface area contributed by atoms with Crippen LogP contribution in [0, 0.1) is 6.92 Å². The maximum absolute atomic E-state index is 11.1. The summed E-state index contributed by atoms with van der Waals surface area (Å²) in [4.78, 5) is 22.1. The number of aromatic nitrogens is 3. The van der Waals surface area contributed by atoms with Gasteiger partial charge in [-0.2, -0.15) is 4.98 Å². The number of nitrogens with zero attached hydrogens (tertiary/aromatic N) is 2. The van der Waals surface area contributed by atoms with Gasteiger partial charge < -0.3 is 9.15 Å². The molecule has 0 aliphatic carbocycles. The van der Waals surface area contributed by atoms with Gasteiger partial charge in [0.15, 0.2) is 5.58 Å². The molecule has 2 aromatic heterocycles. The second-order valence-corrected chi connectivity index (χ2v) is 4.11. The van der Waals surface area contributed by atoms with E-state index >= 15 is 0 Å². The van der Waals surface area contributed by atoms with E-state index < -0.39 is 5.76 Å². The number of aromatic amines is 1. The van der Waals surface area contributed by atoms with E-state index in [0.29, 0.717) is 17.1 Å². The Balaban J connectivity index is 2.17. The van der Waals surface area contributed by atoms with Gasteiger partial charge in [0, 0.05) is 11.3 Å². The molecule has 0 fully saturated rings. The molecule has 0 saturated heterocycles. The van der Waals surface area contributed by atoms with Crippen LogP contribution >= 0.6 is 0 Å². The number of nitrogens with one attached hydrogen (secondary N) is 1. The quantitative estimate of drug-likeness (QED) is 0.758. The Labute approximate surface area is 108 Å². The summed E-state index contributed by atoms with van der Waals surface area (Å²) in [5.41, 5.74) is 3.51. The van der Waals surface area contributed by atoms with Gasteiger partial charge in [0.1, 0.15) is 0 Å². The normalized spacial score (nSPS) is 10.8. The highest BCUT2D eigenvalue weighted by atomic mass is 16.5. The van der Waals surface area contributed by atoms with E-state index in [2.05, 4.69) is 15.0 Å². The summed E-state index contributed by atoms with van der Waals surface area (Å²) in [5.74, 6) is -0.469. The monoisotopic (exact) mass is 257 g/mol. The second kappa shape index (κ2) is 4.24. The fourth-order valence-corrected chi connectivity index (χ4v) is 1.89. The maximum Gasteiger partial charge on any atom is 0.417 e. The number of fused-ring (bicyclic) bond motifs is 1. The third-order valence-electron chi connectivity index (χ3n) is 2.73. The molecule has 0 amide bonds. The lowest BCUT2D eigenvalue weighted by molar-refractivity contribution is 0.379. The van der Waals surface area contributed by atoms with Crippen molar-refractivity contribution in [2.75, 3.05) is 7.11 Å². The van der Waals surface area contributed by atoms with Crippen LogP contribution in [0.2, 0.25) is 0 Å². The van der Waals surface area contributed by atoms with Crippen LogP contribution in [-0.4, -0.2) is 22.1 Å². The fourth-order valence-electron chi connectivity index (χ4n) is 1.89. The smallest absolute Gasteiger partial charge is 0.417 e. The molecule has 0 aliphatic rings. The van der Waals surface area contributed by atoms with Crippen LogP contribution in [0.25, 0.3) is 22.4 Å². The van der Waals surface area contributed by atoms with Gasteiger partial charge in [0.25, 0.3) is 0 Å². The maximum atomic E-state index is 11.1. The number of rotatable bonds is 2. The fraction of sp³-hybridized carbons (Fsp3) is 0.154. The van der Waals surface area contributed by atoms with E-state index in [1.807, 2.05) is 19.1 Å². The lowest BCUT2D eigenvalue weighted by atomic mass is 10.1. The third kappa shape index (κ3) is 2.08. The number of benzene rings is 1. The van der Waals surface area contributed by atoms with Crippen molar-refractivity contribution in [3.8, 4) is 17.3 Å². The van der Waals surface area contributed by atoms with Crippen LogP contribution in [0.15, 0.2) is 33.5 Å². The van der Waals surface area contributed by atoms with Crippen molar-refractivity contribution < 1.29 is 9.15 Å². The van der Waals surface area contributed by atoms with Gasteiger partial charge in [-0.15, -0.1) is 0 Å². The van der Waals surface area contributed by atoms with Gasteiger partial charge in [-0.3, -0.25) is 4.98 Å². The SMILES string of the molecule is COc1nc(C)cc(-c2ccc3[nH]c(=O)oc3c2)n1. The summed E-state index contributed by atoms with van der Waals surface area (Å²) in [5, 5.41) is 0. The summed E-state index contributed by atoms with van der Waals surface area (Å²) < 4.78 is 10.1. The highest BCUT2D eigenvalue weighted by molar-refractivity contribution is 5.78. The number of hydrogen-bond acceptors (Lipinski definition) is 5. The molecule has 0 saturated carbocycles. The Bertz CT molecular complexity index is 804. The zero-order valence-corrected chi connectivity index (χ0v) is 10.4. The third-order valence-corrected chi connectivity index (χ3v) is 2.73. The predicted octanol–water partition coefficient (Wildman–Crippen LogP) is 1.90. The molecule has 0 aliphatic heterocycles. The van der Waals surface area contributed by atoms with Crippen LogP contribution in [0.1, 0.15) is 5.69 Å². The van der Waals surface area contributed by atoms with Crippen molar-refractivity contribution in [3.63, 3.8) is 0 Å². The van der Waals surface area contributed by atoms with Crippen molar-refractivity contribution in [3.05, 3.63) is 40.5 Å². The number of oxazole rings is 1. The zero-order valence-electron chi connectivity index (χ0n) is 10.4. The number of hydrogen-bond donors (Lipinski definition) is 1. The molecule has 1 N–H and O–H groups in total. The highest BCUT2D eigenvalue weighted by Crippen LogP contribution is 2.23. The summed E-state index contributed by atoms with van der Waals surface area (Å²) in [6.07, 6.45) is 0. The van der Waals surface area contributed by atoms with Gasteiger partial charge in [-0.05, 0) is 25.1 Å². The molecule has 6 heteroatoms. The Morgan fingerprint density at radius 3 is 2.89 bits per heavy atom. The molecule has 0 radical (unpaired) electrons. The van der Waals surface area contributed by atoms with Gasteiger partial charge in [0.2, 0.25) is 0 Å². The standard InChI is InChI=1S/C13H11N3O3/c1-7-5-10(15-12(14-7)18-2)8-3-4-9-11(6-8)19-13(17)16-9/h3-6H,1-2H3,(H,16,17). The van der Waals surface area contributed by atoms with Crippen molar-refractivity contribution in [1.82, 2.24) is 15.0 Å². The summed E-state index contributed by atoms with van der Waals surface area (Å²) in [7, 11) is 1.52. The summed E-state index contributed by atoms with van der Waals surface area (Å²) in [6.45, 7) is 1.86. The molecule has 0 atom stereocenters. The first-order chi connectivity index (χ1) is 9.15. The number of methoxy groups -OCH3 is 1. The summed E-state index contributed by atoms with van der Waals surface area (Å²) >= 11 is 0. The second-order valence-electron chi connectivity index (χ2n) is 4.11. The Morgan fingerprint density at radius 1 is 1.26 bits per heavy atom. The number of ether oxygens (including phenoxy) is 1. The first-order valence-electron chi connectivity index (χ1n) is 5.68. The van der Waals surface area contributed by atoms with Gasteiger partial charge in [-0.1, -0.05) is 6.07 Å². The first kappa shape index (κ1) is 11.5. The number of H-pyrrole nitrogens is 1. The molecule has 0 spiro atoms. The average Bonchev–Trinajstić information content (AvgIpc) is 2.76. The minimum Gasteiger partial charge on any atom is -0.467 e. The molecule has 1 aromatic carbocycles. The summed E-state index contributed by atoms with van der Waals surface area (Å²) in [6, 6.07) is 7.54. The Morgan fingerprint density at radius 2 is 2.11 bits per heavy atom. The molecule has 2 heterocycles. The molecular weight excluding hydrogens is 246 g/mol. The Hall–Kier alpha value is -2.63. The Kier molecular flexibility index (Phi) is 2.56. The van der Waals surface area contributed by atoms with E-state index in [-0.39, 0.29) is 0 Å². The lowest BCUT2D eigenvalue weighted by Gasteiger charge is -2.04. The largest absolute Gasteiger partial charge is 0.467 e. The van der Waals surface area contributed by atoms with Crippen molar-refractivity contribution >= 4 is 11.1 Å². The molecule has 0 bridgehead atoms. The number of aryl methyl sites for hydroxylation is 1. The van der Waals surface area contributed by atoms with Crippen molar-refractivity contribution in [2.45, 2.75) is 6.92 Å². The minimum absolute atomic E-state index is 0.311. The molecule has 0 unspecified atom stereocenters. The van der Waals surface area contributed by atoms with E-state index in [1.54, 1.807) is 12.1 Å². The van der Waals surface area contributed by atoms with Crippen LogP contribution < -0.4 is 10.5 Å². The van der Waals surface area contributed by atoms with Crippen molar-refractivity contribution in [1.29, 1.82) is 0 Å². The molecular formula is C13H11N3O3.